The van der Waals surface area contributed by atoms with E-state index in [1.165, 1.54) is 0 Å². The van der Waals surface area contributed by atoms with Crippen molar-refractivity contribution in [1.82, 2.24) is 14.7 Å². The lowest BCUT2D eigenvalue weighted by Gasteiger charge is -2.30. The van der Waals surface area contributed by atoms with E-state index in [2.05, 4.69) is 30.8 Å². The fourth-order valence-corrected chi connectivity index (χ4v) is 5.79. The Balaban J connectivity index is 1.61. The fraction of sp³-hybridized carbons (Fsp3) is 0.548. The van der Waals surface area contributed by atoms with Gasteiger partial charge in [-0.25, -0.2) is 0 Å². The van der Waals surface area contributed by atoms with E-state index >= 15 is 0 Å². The smallest absolute Gasteiger partial charge is 0.309 e. The number of hydrogen-bond donors (Lipinski definition) is 1. The molecule has 1 amide bonds. The Morgan fingerprint density at radius 1 is 0.975 bits per heavy atom. The highest BCUT2D eigenvalue weighted by molar-refractivity contribution is 5.79. The Hall–Kier alpha value is -3.30. The van der Waals surface area contributed by atoms with E-state index in [1.807, 2.05) is 47.4 Å². The first-order chi connectivity index (χ1) is 19.3. The van der Waals surface area contributed by atoms with Crippen LogP contribution >= 0.6 is 0 Å². The molecule has 2 aliphatic rings. The van der Waals surface area contributed by atoms with Gasteiger partial charge >= 0.3 is 5.97 Å². The zero-order valence-electron chi connectivity index (χ0n) is 24.2. The van der Waals surface area contributed by atoms with E-state index in [0.29, 0.717) is 36.9 Å². The van der Waals surface area contributed by atoms with Crippen LogP contribution in [0.3, 0.4) is 0 Å². The first kappa shape index (κ1) is 29.7. The molecule has 4 rings (SSSR count). The Morgan fingerprint density at radius 3 is 2.33 bits per heavy atom. The number of carboxylic acids is 1. The minimum atomic E-state index is -0.884. The van der Waals surface area contributed by atoms with E-state index in [4.69, 9.17) is 14.2 Å². The van der Waals surface area contributed by atoms with Gasteiger partial charge in [-0.3, -0.25) is 14.5 Å². The van der Waals surface area contributed by atoms with E-state index in [9.17, 15) is 14.7 Å². The van der Waals surface area contributed by atoms with Crippen LogP contribution in [-0.2, 0) is 9.59 Å². The lowest BCUT2D eigenvalue weighted by Crippen LogP contribution is -2.42. The Kier molecular flexibility index (Phi) is 10.3. The van der Waals surface area contributed by atoms with Gasteiger partial charge in [0, 0.05) is 31.6 Å². The standard InChI is InChI=1S/C31H43N3O6/c1-5-6-16-33(17-8-7-15-32(2)3)28(35)20-34-19-25(23-11-14-26-27(18-23)40-21-39-26)29(31(36)37)30(34)22-9-12-24(38-4)13-10-22/h9-14,18,25,29-30H,5-8,15-17,19-21H2,1-4H3,(H,36,37)/t25?,29-,30+/m0/s1. The number of benzene rings is 2. The van der Waals surface area contributed by atoms with Crippen molar-refractivity contribution in [3.05, 3.63) is 53.6 Å². The second kappa shape index (κ2) is 13.9. The molecular weight excluding hydrogens is 510 g/mol. The van der Waals surface area contributed by atoms with Crippen molar-refractivity contribution in [2.45, 2.75) is 44.6 Å². The Morgan fingerprint density at radius 2 is 1.65 bits per heavy atom. The summed E-state index contributed by atoms with van der Waals surface area (Å²) in [6.45, 7) is 5.30. The predicted molar refractivity (Wildman–Crippen MR) is 153 cm³/mol. The zero-order valence-corrected chi connectivity index (χ0v) is 24.2. The van der Waals surface area contributed by atoms with Gasteiger partial charge in [0.05, 0.1) is 19.6 Å². The molecular formula is C31H43N3O6. The third-order valence-corrected chi connectivity index (χ3v) is 7.92. The van der Waals surface area contributed by atoms with Crippen LogP contribution in [0.5, 0.6) is 17.2 Å². The van der Waals surface area contributed by atoms with Gasteiger partial charge in [0.2, 0.25) is 12.7 Å². The average molecular weight is 554 g/mol. The number of carbonyl (C=O) groups is 2. The maximum atomic E-state index is 13.8. The lowest BCUT2D eigenvalue weighted by atomic mass is 9.82. The number of fused-ring (bicyclic) bond motifs is 1. The van der Waals surface area contributed by atoms with Gasteiger partial charge < -0.3 is 29.1 Å². The first-order valence-electron chi connectivity index (χ1n) is 14.2. The molecule has 9 nitrogen and oxygen atoms in total. The third-order valence-electron chi connectivity index (χ3n) is 7.92. The molecule has 0 radical (unpaired) electrons. The molecule has 1 saturated heterocycles. The van der Waals surface area contributed by atoms with Gasteiger partial charge in [0.25, 0.3) is 0 Å². The fourth-order valence-electron chi connectivity index (χ4n) is 5.79. The molecule has 218 valence electrons. The molecule has 0 bridgehead atoms. The highest BCUT2D eigenvalue weighted by Crippen LogP contribution is 2.47. The SMILES string of the molecule is CCCCN(CCCCN(C)C)C(=O)CN1CC(c2ccc3c(c2)OCO3)[C@H](C(=O)O)[C@H]1c1ccc(OC)cc1. The number of aliphatic carboxylic acids is 1. The van der Waals surface area contributed by atoms with Crippen LogP contribution in [0.2, 0.25) is 0 Å². The highest BCUT2D eigenvalue weighted by Gasteiger charge is 2.48. The zero-order chi connectivity index (χ0) is 28.6. The summed E-state index contributed by atoms with van der Waals surface area (Å²) < 4.78 is 16.4. The number of carboxylic acid groups (broad SMARTS) is 1. The van der Waals surface area contributed by atoms with Gasteiger partial charge in [0.1, 0.15) is 5.75 Å². The van der Waals surface area contributed by atoms with Gasteiger partial charge in [-0.05, 0) is 75.3 Å². The van der Waals surface area contributed by atoms with Crippen molar-refractivity contribution in [2.24, 2.45) is 5.92 Å². The molecule has 0 saturated carbocycles. The van der Waals surface area contributed by atoms with Gasteiger partial charge in [-0.2, -0.15) is 0 Å². The Labute approximate surface area is 237 Å². The Bertz CT molecular complexity index is 1140. The summed E-state index contributed by atoms with van der Waals surface area (Å²) >= 11 is 0. The van der Waals surface area contributed by atoms with E-state index < -0.39 is 17.9 Å². The molecule has 2 heterocycles. The van der Waals surface area contributed by atoms with Crippen LogP contribution < -0.4 is 14.2 Å². The second-order valence-electron chi connectivity index (χ2n) is 11.0. The van der Waals surface area contributed by atoms with Crippen LogP contribution in [0, 0.1) is 5.92 Å². The van der Waals surface area contributed by atoms with Crippen molar-refractivity contribution in [3.8, 4) is 17.2 Å². The number of amides is 1. The van der Waals surface area contributed by atoms with Crippen molar-refractivity contribution < 1.29 is 28.9 Å². The number of nitrogens with zero attached hydrogens (tertiary/aromatic N) is 3. The number of hydrogen-bond acceptors (Lipinski definition) is 7. The molecule has 0 aromatic heterocycles. The number of rotatable bonds is 14. The number of methoxy groups -OCH3 is 1. The molecule has 40 heavy (non-hydrogen) atoms. The summed E-state index contributed by atoms with van der Waals surface area (Å²) in [6, 6.07) is 12.7. The largest absolute Gasteiger partial charge is 0.497 e. The van der Waals surface area contributed by atoms with Gasteiger partial charge in [-0.15, -0.1) is 0 Å². The van der Waals surface area contributed by atoms with E-state index in [-0.39, 0.29) is 25.2 Å². The molecule has 0 spiro atoms. The number of carbonyl (C=O) groups excluding carboxylic acids is 1. The summed E-state index contributed by atoms with van der Waals surface area (Å²) in [5.41, 5.74) is 1.73. The minimum absolute atomic E-state index is 0.0484. The van der Waals surface area contributed by atoms with Crippen LogP contribution in [0.25, 0.3) is 0 Å². The summed E-state index contributed by atoms with van der Waals surface area (Å²) in [4.78, 5) is 32.8. The number of likely N-dealkylation sites (tertiary alicyclic amines) is 1. The van der Waals surface area contributed by atoms with E-state index in [1.54, 1.807) is 7.11 Å². The van der Waals surface area contributed by atoms with E-state index in [0.717, 1.165) is 43.4 Å². The molecule has 3 atom stereocenters. The van der Waals surface area contributed by atoms with Crippen LogP contribution in [-0.4, -0.2) is 92.4 Å². The third kappa shape index (κ3) is 7.06. The van der Waals surface area contributed by atoms with Crippen molar-refractivity contribution in [1.29, 1.82) is 0 Å². The maximum absolute atomic E-state index is 13.8. The van der Waals surface area contributed by atoms with Crippen molar-refractivity contribution in [3.63, 3.8) is 0 Å². The molecule has 2 aliphatic heterocycles. The number of unbranched alkanes of at least 4 members (excludes halogenated alkanes) is 2. The summed E-state index contributed by atoms with van der Waals surface area (Å²) in [5.74, 6) is 0.0833. The molecule has 0 aliphatic carbocycles. The van der Waals surface area contributed by atoms with Crippen LogP contribution in [0.4, 0.5) is 0 Å². The van der Waals surface area contributed by atoms with Crippen molar-refractivity contribution in [2.75, 3.05) is 60.7 Å². The highest BCUT2D eigenvalue weighted by atomic mass is 16.7. The van der Waals surface area contributed by atoms with Gasteiger partial charge in [0.15, 0.2) is 11.5 Å². The maximum Gasteiger partial charge on any atom is 0.309 e. The second-order valence-corrected chi connectivity index (χ2v) is 11.0. The molecule has 1 unspecified atom stereocenters. The first-order valence-corrected chi connectivity index (χ1v) is 14.2. The predicted octanol–water partition coefficient (Wildman–Crippen LogP) is 4.24. The monoisotopic (exact) mass is 553 g/mol. The topological polar surface area (TPSA) is 91.8 Å². The molecule has 9 heteroatoms. The van der Waals surface area contributed by atoms with Crippen LogP contribution in [0.15, 0.2) is 42.5 Å². The minimum Gasteiger partial charge on any atom is -0.497 e. The molecule has 2 aromatic carbocycles. The average Bonchev–Trinajstić information content (AvgIpc) is 3.57. The molecule has 1 fully saturated rings. The normalized spacial score (nSPS) is 20.2. The summed E-state index contributed by atoms with van der Waals surface area (Å²) in [6.07, 6.45) is 3.91. The quantitative estimate of drug-likeness (QED) is 0.348. The van der Waals surface area contributed by atoms with Gasteiger partial charge in [-0.1, -0.05) is 31.5 Å². The molecule has 1 N–H and O–H groups in total. The summed E-state index contributed by atoms with van der Waals surface area (Å²) in [7, 11) is 5.72. The summed E-state index contributed by atoms with van der Waals surface area (Å²) in [5, 5.41) is 10.5. The van der Waals surface area contributed by atoms with Crippen molar-refractivity contribution >= 4 is 11.9 Å². The molecule has 2 aromatic rings. The lowest BCUT2D eigenvalue weighted by molar-refractivity contribution is -0.144. The number of ether oxygens (including phenoxy) is 3. The van der Waals surface area contributed by atoms with Crippen LogP contribution in [0.1, 0.15) is 55.7 Å².